The normalized spacial score (nSPS) is 11.4. The van der Waals surface area contributed by atoms with Crippen molar-refractivity contribution in [3.63, 3.8) is 0 Å². The molecule has 0 radical (unpaired) electrons. The van der Waals surface area contributed by atoms with E-state index in [1.165, 1.54) is 31.4 Å². The molecule has 1 aromatic heterocycles. The van der Waals surface area contributed by atoms with Gasteiger partial charge in [-0.2, -0.15) is 0 Å². The maximum Gasteiger partial charge on any atom is 0.349 e. The van der Waals surface area contributed by atoms with Crippen LogP contribution in [0.4, 0.5) is 5.69 Å². The smallest absolute Gasteiger partial charge is 0.349 e. The van der Waals surface area contributed by atoms with Crippen LogP contribution in [0.15, 0.2) is 56.6 Å². The number of benzene rings is 2. The number of amides is 1. The van der Waals surface area contributed by atoms with Crippen LogP contribution in [0.1, 0.15) is 10.4 Å². The number of nitrogens with two attached hydrogens (primary N) is 1. The lowest BCUT2D eigenvalue weighted by Gasteiger charge is -2.08. The lowest BCUT2D eigenvalue weighted by Crippen LogP contribution is -2.21. The molecule has 3 aromatic rings. The number of carbonyl (C=O) groups is 1. The van der Waals surface area contributed by atoms with Gasteiger partial charge in [-0.3, -0.25) is 4.79 Å². The average molecular weight is 409 g/mol. The quantitative estimate of drug-likeness (QED) is 0.637. The molecule has 0 bridgehead atoms. The summed E-state index contributed by atoms with van der Waals surface area (Å²) in [5.41, 5.74) is -0.695. The van der Waals surface area contributed by atoms with Crippen molar-refractivity contribution in [3.8, 4) is 5.75 Å². The van der Waals surface area contributed by atoms with Gasteiger partial charge in [0.2, 0.25) is 10.0 Å². The van der Waals surface area contributed by atoms with Gasteiger partial charge in [0.25, 0.3) is 5.91 Å². The van der Waals surface area contributed by atoms with Crippen LogP contribution in [0, 0.1) is 0 Å². The summed E-state index contributed by atoms with van der Waals surface area (Å²) < 4.78 is 32.9. The number of sulfonamides is 1. The van der Waals surface area contributed by atoms with E-state index in [1.807, 2.05) is 0 Å². The van der Waals surface area contributed by atoms with Crippen molar-refractivity contribution in [2.45, 2.75) is 4.90 Å². The summed E-state index contributed by atoms with van der Waals surface area (Å²) in [4.78, 5) is 24.4. The van der Waals surface area contributed by atoms with Crippen LogP contribution < -0.4 is 20.8 Å². The molecule has 1 amide bonds. The molecule has 0 aliphatic heterocycles. The molecule has 3 N–H and O–H groups in total. The van der Waals surface area contributed by atoms with Crippen LogP contribution in [-0.4, -0.2) is 21.4 Å². The van der Waals surface area contributed by atoms with Crippen LogP contribution in [0.25, 0.3) is 11.0 Å². The first-order chi connectivity index (χ1) is 12.7. The molecule has 0 unspecified atom stereocenters. The molecule has 3 rings (SSSR count). The number of fused-ring (bicyclic) bond motifs is 1. The summed E-state index contributed by atoms with van der Waals surface area (Å²) in [5, 5.41) is 7.94. The zero-order valence-corrected chi connectivity index (χ0v) is 15.4. The first kappa shape index (κ1) is 18.9. The topological polar surface area (TPSA) is 129 Å². The van der Waals surface area contributed by atoms with Crippen molar-refractivity contribution in [1.29, 1.82) is 0 Å². The van der Waals surface area contributed by atoms with Crippen molar-refractivity contribution in [1.82, 2.24) is 0 Å². The predicted molar refractivity (Wildman–Crippen MR) is 99.8 cm³/mol. The first-order valence-electron chi connectivity index (χ1n) is 7.44. The van der Waals surface area contributed by atoms with E-state index in [0.29, 0.717) is 11.1 Å². The van der Waals surface area contributed by atoms with Gasteiger partial charge in [-0.1, -0.05) is 11.6 Å². The van der Waals surface area contributed by atoms with E-state index >= 15 is 0 Å². The number of hydrogen-bond donors (Lipinski definition) is 2. The number of anilines is 1. The number of carbonyl (C=O) groups excluding carboxylic acids is 1. The number of halogens is 1. The highest BCUT2D eigenvalue weighted by Crippen LogP contribution is 2.26. The number of ether oxygens (including phenoxy) is 1. The van der Waals surface area contributed by atoms with E-state index in [-0.39, 0.29) is 26.8 Å². The summed E-state index contributed by atoms with van der Waals surface area (Å²) in [6.45, 7) is 0. The number of rotatable bonds is 4. The van der Waals surface area contributed by atoms with Crippen molar-refractivity contribution >= 4 is 44.2 Å². The zero-order chi connectivity index (χ0) is 19.8. The fraction of sp³-hybridized carbons (Fsp3) is 0.0588. The molecule has 0 fully saturated rings. The summed E-state index contributed by atoms with van der Waals surface area (Å²) in [6.07, 6.45) is 0. The minimum absolute atomic E-state index is 0.0511. The highest BCUT2D eigenvalue weighted by Gasteiger charge is 2.17. The van der Waals surface area contributed by atoms with Gasteiger partial charge in [-0.25, -0.2) is 18.4 Å². The number of primary sulfonamides is 1. The Labute approximate surface area is 158 Å². The van der Waals surface area contributed by atoms with E-state index in [2.05, 4.69) is 5.32 Å². The predicted octanol–water partition coefficient (Wildman–Crippen LogP) is 2.35. The van der Waals surface area contributed by atoms with Crippen LogP contribution in [-0.2, 0) is 10.0 Å². The van der Waals surface area contributed by atoms with Gasteiger partial charge in [0.15, 0.2) is 0 Å². The van der Waals surface area contributed by atoms with Gasteiger partial charge < -0.3 is 14.5 Å². The van der Waals surface area contributed by atoms with Crippen molar-refractivity contribution in [2.24, 2.45) is 5.14 Å². The van der Waals surface area contributed by atoms with Crippen LogP contribution in [0.5, 0.6) is 5.75 Å². The Morgan fingerprint density at radius 2 is 1.93 bits per heavy atom. The van der Waals surface area contributed by atoms with Gasteiger partial charge in [0.05, 0.1) is 22.7 Å². The molecule has 1 heterocycles. The Morgan fingerprint density at radius 3 is 2.56 bits per heavy atom. The fourth-order valence-electron chi connectivity index (χ4n) is 2.34. The van der Waals surface area contributed by atoms with Crippen LogP contribution in [0.3, 0.4) is 0 Å². The molecule has 0 spiro atoms. The minimum Gasteiger partial charge on any atom is -0.497 e. The molecule has 0 atom stereocenters. The van der Waals surface area contributed by atoms with Crippen LogP contribution >= 0.6 is 11.6 Å². The molecule has 0 aliphatic rings. The average Bonchev–Trinajstić information content (AvgIpc) is 2.61. The molecule has 0 aliphatic carbocycles. The van der Waals surface area contributed by atoms with E-state index in [1.54, 1.807) is 12.1 Å². The SMILES string of the molecule is COc1ccc2cc(C(=O)Nc3ccc(S(N)(=O)=O)cc3Cl)c(=O)oc2c1. The lowest BCUT2D eigenvalue weighted by molar-refractivity contribution is 0.102. The Hall–Kier alpha value is -2.88. The molecule has 140 valence electrons. The molecular weight excluding hydrogens is 396 g/mol. The molecule has 8 nitrogen and oxygen atoms in total. The highest BCUT2D eigenvalue weighted by molar-refractivity contribution is 7.89. The Morgan fingerprint density at radius 1 is 1.19 bits per heavy atom. The minimum atomic E-state index is -3.93. The second-order valence-corrected chi connectivity index (χ2v) is 7.46. The second kappa shape index (κ2) is 7.03. The van der Waals surface area contributed by atoms with Crippen LogP contribution in [0.2, 0.25) is 5.02 Å². The van der Waals surface area contributed by atoms with Crippen molar-refractivity contribution < 1.29 is 22.4 Å². The molecule has 2 aromatic carbocycles. The van der Waals surface area contributed by atoms with E-state index < -0.39 is 21.6 Å². The summed E-state index contributed by atoms with van der Waals surface area (Å²) in [5.74, 6) is -0.253. The maximum atomic E-state index is 12.4. The van der Waals surface area contributed by atoms with Crippen molar-refractivity contribution in [2.75, 3.05) is 12.4 Å². The van der Waals surface area contributed by atoms with Gasteiger partial charge in [-0.05, 0) is 36.4 Å². The zero-order valence-electron chi connectivity index (χ0n) is 13.9. The van der Waals surface area contributed by atoms with Gasteiger partial charge in [0, 0.05) is 11.5 Å². The molecule has 27 heavy (non-hydrogen) atoms. The lowest BCUT2D eigenvalue weighted by atomic mass is 10.1. The number of hydrogen-bond acceptors (Lipinski definition) is 6. The highest BCUT2D eigenvalue weighted by atomic mass is 35.5. The number of methoxy groups -OCH3 is 1. The van der Waals surface area contributed by atoms with E-state index in [0.717, 1.165) is 6.07 Å². The van der Waals surface area contributed by atoms with Gasteiger partial charge in [0.1, 0.15) is 16.9 Å². The summed E-state index contributed by atoms with van der Waals surface area (Å²) in [6, 6.07) is 9.76. The monoisotopic (exact) mass is 408 g/mol. The van der Waals surface area contributed by atoms with E-state index in [4.69, 9.17) is 25.9 Å². The fourth-order valence-corrected chi connectivity index (χ4v) is 3.17. The Kier molecular flexibility index (Phi) is 4.92. The molecule has 0 saturated heterocycles. The summed E-state index contributed by atoms with van der Waals surface area (Å²) in [7, 11) is -2.45. The van der Waals surface area contributed by atoms with Gasteiger partial charge in [-0.15, -0.1) is 0 Å². The summed E-state index contributed by atoms with van der Waals surface area (Å²) >= 11 is 5.99. The Bertz CT molecular complexity index is 1220. The first-order valence-corrected chi connectivity index (χ1v) is 9.37. The molecule has 0 saturated carbocycles. The largest absolute Gasteiger partial charge is 0.497 e. The van der Waals surface area contributed by atoms with Crippen molar-refractivity contribution in [3.05, 3.63) is 63.5 Å². The third-order valence-electron chi connectivity index (χ3n) is 3.71. The standard InChI is InChI=1S/C17H13ClN2O6S/c1-25-10-3-2-9-6-12(17(22)26-15(9)7-10)16(21)20-14-5-4-11(8-13(14)18)27(19,23)24/h2-8H,1H3,(H,20,21)(H2,19,23,24). The third kappa shape index (κ3) is 3.95. The Balaban J connectivity index is 1.95. The van der Waals surface area contributed by atoms with E-state index in [9.17, 15) is 18.0 Å². The van der Waals surface area contributed by atoms with Gasteiger partial charge >= 0.3 is 5.63 Å². The maximum absolute atomic E-state index is 12.4. The second-order valence-electron chi connectivity index (χ2n) is 5.49. The third-order valence-corrected chi connectivity index (χ3v) is 4.93. The number of nitrogens with one attached hydrogen (secondary N) is 1. The molecular formula is C17H13ClN2O6S. The molecule has 10 heteroatoms.